The molecule has 0 aliphatic heterocycles. The normalized spacial score (nSPS) is 10.9. The van der Waals surface area contributed by atoms with E-state index in [-0.39, 0.29) is 5.82 Å². The van der Waals surface area contributed by atoms with Gasteiger partial charge >= 0.3 is 0 Å². The van der Waals surface area contributed by atoms with Gasteiger partial charge in [-0.05, 0) is 42.6 Å². The minimum absolute atomic E-state index is 0.260. The van der Waals surface area contributed by atoms with E-state index in [1.807, 2.05) is 43.3 Å². The third kappa shape index (κ3) is 2.72. The van der Waals surface area contributed by atoms with Crippen molar-refractivity contribution in [1.29, 1.82) is 0 Å². The molecule has 118 valence electrons. The molecule has 24 heavy (non-hydrogen) atoms. The van der Waals surface area contributed by atoms with Crippen LogP contribution in [0.4, 0.5) is 16.0 Å². The Morgan fingerprint density at radius 1 is 0.958 bits per heavy atom. The topological polar surface area (TPSA) is 53.6 Å². The van der Waals surface area contributed by atoms with Gasteiger partial charge in [0.1, 0.15) is 11.6 Å². The quantitative estimate of drug-likeness (QED) is 0.569. The van der Waals surface area contributed by atoms with Gasteiger partial charge in [0.25, 0.3) is 0 Å². The summed E-state index contributed by atoms with van der Waals surface area (Å²) in [4.78, 5) is 4.72. The number of nitrogens with zero attached hydrogens (tertiary/aromatic N) is 2. The van der Waals surface area contributed by atoms with Crippen LogP contribution in [0.1, 0.15) is 5.69 Å². The van der Waals surface area contributed by atoms with Gasteiger partial charge in [-0.25, -0.2) is 9.37 Å². The van der Waals surface area contributed by atoms with Crippen LogP contribution in [0.25, 0.3) is 22.0 Å². The fourth-order valence-corrected chi connectivity index (χ4v) is 2.70. The second kappa shape index (κ2) is 5.77. The molecule has 0 saturated carbocycles. The van der Waals surface area contributed by atoms with E-state index in [1.54, 1.807) is 12.1 Å². The second-order valence-corrected chi connectivity index (χ2v) is 5.65. The molecule has 0 aliphatic carbocycles. The van der Waals surface area contributed by atoms with Crippen molar-refractivity contribution in [2.45, 2.75) is 6.92 Å². The van der Waals surface area contributed by atoms with Gasteiger partial charge in [0.15, 0.2) is 5.82 Å². The molecule has 5 heteroatoms. The van der Waals surface area contributed by atoms with Crippen molar-refractivity contribution in [3.63, 3.8) is 0 Å². The number of halogens is 1. The molecule has 0 atom stereocenters. The molecule has 0 bridgehead atoms. The van der Waals surface area contributed by atoms with E-state index in [9.17, 15) is 4.39 Å². The number of aromatic amines is 1. The molecule has 0 amide bonds. The third-order valence-corrected chi connectivity index (χ3v) is 3.82. The Kier molecular flexibility index (Phi) is 3.46. The Morgan fingerprint density at radius 2 is 1.75 bits per heavy atom. The summed E-state index contributed by atoms with van der Waals surface area (Å²) in [6.07, 6.45) is 0. The summed E-state index contributed by atoms with van der Waals surface area (Å²) in [6, 6.07) is 18.3. The maximum Gasteiger partial charge on any atom is 0.153 e. The van der Waals surface area contributed by atoms with Crippen molar-refractivity contribution < 1.29 is 4.39 Å². The molecule has 4 rings (SSSR count). The van der Waals surface area contributed by atoms with Crippen LogP contribution >= 0.6 is 0 Å². The predicted octanol–water partition coefficient (Wildman–Crippen LogP) is 4.82. The van der Waals surface area contributed by atoms with E-state index in [2.05, 4.69) is 15.5 Å². The summed E-state index contributed by atoms with van der Waals surface area (Å²) in [5.74, 6) is 1.14. The average molecular weight is 318 g/mol. The van der Waals surface area contributed by atoms with Gasteiger partial charge in [-0.1, -0.05) is 24.3 Å². The number of H-pyrrole nitrogens is 1. The molecule has 0 aliphatic rings. The van der Waals surface area contributed by atoms with Crippen molar-refractivity contribution in [2.24, 2.45) is 0 Å². The molecule has 2 aromatic carbocycles. The maximum absolute atomic E-state index is 13.2. The van der Waals surface area contributed by atoms with Crippen molar-refractivity contribution in [2.75, 3.05) is 5.32 Å². The van der Waals surface area contributed by atoms with Crippen molar-refractivity contribution in [1.82, 2.24) is 15.2 Å². The van der Waals surface area contributed by atoms with Crippen LogP contribution < -0.4 is 5.32 Å². The number of nitrogens with one attached hydrogen (secondary N) is 2. The molecule has 4 nitrogen and oxygen atoms in total. The Balaban J connectivity index is 1.85. The Morgan fingerprint density at radius 3 is 2.50 bits per heavy atom. The zero-order valence-corrected chi connectivity index (χ0v) is 13.0. The highest BCUT2D eigenvalue weighted by Crippen LogP contribution is 2.30. The van der Waals surface area contributed by atoms with Gasteiger partial charge < -0.3 is 5.32 Å². The van der Waals surface area contributed by atoms with E-state index in [1.165, 1.54) is 12.1 Å². The second-order valence-electron chi connectivity index (χ2n) is 5.65. The van der Waals surface area contributed by atoms with Crippen LogP contribution in [-0.4, -0.2) is 15.2 Å². The van der Waals surface area contributed by atoms with Gasteiger partial charge in [-0.3, -0.25) is 5.10 Å². The molecular formula is C19H15FN4. The first-order valence-corrected chi connectivity index (χ1v) is 7.64. The predicted molar refractivity (Wildman–Crippen MR) is 93.7 cm³/mol. The van der Waals surface area contributed by atoms with Gasteiger partial charge in [-0.2, -0.15) is 5.10 Å². The Bertz CT molecular complexity index is 1010. The first kappa shape index (κ1) is 14.4. The first-order valence-electron chi connectivity index (χ1n) is 7.64. The van der Waals surface area contributed by atoms with Gasteiger partial charge in [-0.15, -0.1) is 0 Å². The van der Waals surface area contributed by atoms with Crippen molar-refractivity contribution >= 4 is 22.4 Å². The molecule has 0 radical (unpaired) electrons. The zero-order chi connectivity index (χ0) is 16.5. The van der Waals surface area contributed by atoms with Crippen LogP contribution in [0, 0.1) is 12.7 Å². The summed E-state index contributed by atoms with van der Waals surface area (Å²) >= 11 is 0. The van der Waals surface area contributed by atoms with Crippen LogP contribution in [0.15, 0.2) is 60.7 Å². The number of pyridine rings is 1. The maximum atomic E-state index is 13.2. The van der Waals surface area contributed by atoms with Gasteiger partial charge in [0.05, 0.1) is 5.69 Å². The lowest BCUT2D eigenvalue weighted by atomic mass is 10.0. The minimum Gasteiger partial charge on any atom is -0.323 e. The molecule has 2 aromatic heterocycles. The average Bonchev–Trinajstić information content (AvgIpc) is 3.00. The highest BCUT2D eigenvalue weighted by Gasteiger charge is 2.09. The number of fused-ring (bicyclic) bond motifs is 1. The van der Waals surface area contributed by atoms with Crippen LogP contribution in [-0.2, 0) is 0 Å². The Labute approximate surface area is 138 Å². The summed E-state index contributed by atoms with van der Waals surface area (Å²) in [5.41, 5.74) is 2.65. The van der Waals surface area contributed by atoms with Crippen LogP contribution in [0.3, 0.4) is 0 Å². The number of benzene rings is 2. The molecule has 2 N–H and O–H groups in total. The lowest BCUT2D eigenvalue weighted by Gasteiger charge is -2.10. The number of rotatable bonds is 3. The van der Waals surface area contributed by atoms with E-state index in [4.69, 9.17) is 4.98 Å². The van der Waals surface area contributed by atoms with Crippen molar-refractivity contribution in [3.8, 4) is 11.3 Å². The number of aromatic nitrogens is 3. The van der Waals surface area contributed by atoms with Crippen LogP contribution in [0.2, 0.25) is 0 Å². The number of hydrogen-bond donors (Lipinski definition) is 2. The zero-order valence-electron chi connectivity index (χ0n) is 13.0. The first-order chi connectivity index (χ1) is 11.7. The van der Waals surface area contributed by atoms with Crippen molar-refractivity contribution in [3.05, 3.63) is 72.2 Å². The largest absolute Gasteiger partial charge is 0.323 e. The highest BCUT2D eigenvalue weighted by molar-refractivity contribution is 5.96. The Hall–Kier alpha value is -3.21. The molecule has 0 spiro atoms. The monoisotopic (exact) mass is 318 g/mol. The number of aryl methyl sites for hydroxylation is 1. The molecule has 4 aromatic rings. The van der Waals surface area contributed by atoms with E-state index in [0.29, 0.717) is 11.6 Å². The van der Waals surface area contributed by atoms with E-state index < -0.39 is 0 Å². The molecule has 2 heterocycles. The molecule has 0 unspecified atom stereocenters. The molecule has 0 saturated heterocycles. The lowest BCUT2D eigenvalue weighted by Crippen LogP contribution is -1.96. The van der Waals surface area contributed by atoms with Gasteiger partial charge in [0, 0.05) is 22.7 Å². The third-order valence-electron chi connectivity index (χ3n) is 3.82. The summed E-state index contributed by atoms with van der Waals surface area (Å²) in [5, 5.41) is 12.4. The van der Waals surface area contributed by atoms with E-state index in [0.717, 1.165) is 27.7 Å². The van der Waals surface area contributed by atoms with E-state index >= 15 is 0 Å². The SMILES string of the molecule is Cc1cc(Nc2cc3ccccc3c(-c3ccc(F)cc3)n2)n[nH]1. The fourth-order valence-electron chi connectivity index (χ4n) is 2.70. The summed E-state index contributed by atoms with van der Waals surface area (Å²) in [6.45, 7) is 1.94. The fraction of sp³-hybridized carbons (Fsp3) is 0.0526. The smallest absolute Gasteiger partial charge is 0.153 e. The highest BCUT2D eigenvalue weighted by atomic mass is 19.1. The summed E-state index contributed by atoms with van der Waals surface area (Å²) < 4.78 is 13.2. The minimum atomic E-state index is -0.260. The number of hydrogen-bond acceptors (Lipinski definition) is 3. The molecular weight excluding hydrogens is 303 g/mol. The molecule has 0 fully saturated rings. The summed E-state index contributed by atoms with van der Waals surface area (Å²) in [7, 11) is 0. The number of anilines is 2. The van der Waals surface area contributed by atoms with Crippen LogP contribution in [0.5, 0.6) is 0 Å². The lowest BCUT2D eigenvalue weighted by molar-refractivity contribution is 0.628. The van der Waals surface area contributed by atoms with Gasteiger partial charge in [0.2, 0.25) is 0 Å². The standard InChI is InChI=1S/C19H15FN4/c1-12-10-18(24-23-12)21-17-11-14-4-2-3-5-16(14)19(22-17)13-6-8-15(20)9-7-13/h2-11H,1H3,(H2,21,22,23,24).